The molecule has 0 atom stereocenters. The summed E-state index contributed by atoms with van der Waals surface area (Å²) in [5, 5.41) is 22.3. The maximum absolute atomic E-state index is 12.2. The lowest BCUT2D eigenvalue weighted by atomic mass is 10.2. The van der Waals surface area contributed by atoms with Crippen LogP contribution < -0.4 is 5.32 Å². The molecule has 1 aromatic heterocycles. The molecule has 3 aromatic rings. The van der Waals surface area contributed by atoms with Crippen LogP contribution in [0.25, 0.3) is 5.69 Å². The number of nitro benzene ring substituents is 1. The highest BCUT2D eigenvalue weighted by atomic mass is 32.2. The zero-order valence-corrected chi connectivity index (χ0v) is 14.6. The highest BCUT2D eigenvalue weighted by Crippen LogP contribution is 2.25. The fourth-order valence-corrected chi connectivity index (χ4v) is 3.16. The third-order valence-corrected chi connectivity index (χ3v) is 4.45. The minimum absolute atomic E-state index is 0.0526. The highest BCUT2D eigenvalue weighted by Gasteiger charge is 2.17. The van der Waals surface area contributed by atoms with Gasteiger partial charge in [-0.05, 0) is 25.1 Å². The standard InChI is InChI=1S/C17H15N5O3S/c1-12-19-20-17(21(12)13-7-3-2-4-8-13)26-11-16(23)18-14-9-5-6-10-15(14)22(24)25/h2-10H,11H2,1H3,(H,18,23). The normalized spacial score (nSPS) is 10.5. The lowest BCUT2D eigenvalue weighted by Gasteiger charge is -2.08. The number of carbonyl (C=O) groups excluding carboxylic acids is 1. The number of carbonyl (C=O) groups is 1. The van der Waals surface area contributed by atoms with Crippen molar-refractivity contribution in [3.8, 4) is 5.69 Å². The molecule has 8 nitrogen and oxygen atoms in total. The number of nitro groups is 1. The number of para-hydroxylation sites is 3. The Bertz CT molecular complexity index is 943. The lowest BCUT2D eigenvalue weighted by Crippen LogP contribution is -2.15. The van der Waals surface area contributed by atoms with Gasteiger partial charge in [0, 0.05) is 11.8 Å². The van der Waals surface area contributed by atoms with Gasteiger partial charge in [-0.25, -0.2) is 0 Å². The zero-order valence-electron chi connectivity index (χ0n) is 13.8. The molecule has 0 spiro atoms. The number of nitrogens with zero attached hydrogens (tertiary/aromatic N) is 4. The van der Waals surface area contributed by atoms with Gasteiger partial charge in [0.25, 0.3) is 5.69 Å². The molecule has 0 aliphatic heterocycles. The maximum Gasteiger partial charge on any atom is 0.292 e. The number of aryl methyl sites for hydroxylation is 1. The minimum Gasteiger partial charge on any atom is -0.320 e. The largest absolute Gasteiger partial charge is 0.320 e. The number of thioether (sulfide) groups is 1. The van der Waals surface area contributed by atoms with Crippen molar-refractivity contribution in [1.82, 2.24) is 14.8 Å². The van der Waals surface area contributed by atoms with Crippen LogP contribution in [0.1, 0.15) is 5.82 Å². The van der Waals surface area contributed by atoms with Gasteiger partial charge in [-0.2, -0.15) is 0 Å². The molecule has 3 rings (SSSR count). The highest BCUT2D eigenvalue weighted by molar-refractivity contribution is 7.99. The summed E-state index contributed by atoms with van der Waals surface area (Å²) in [6.45, 7) is 1.83. The van der Waals surface area contributed by atoms with E-state index in [9.17, 15) is 14.9 Å². The number of rotatable bonds is 6. The number of anilines is 1. The van der Waals surface area contributed by atoms with Crippen LogP contribution in [-0.4, -0.2) is 31.3 Å². The summed E-state index contributed by atoms with van der Waals surface area (Å²) in [5.74, 6) is 0.402. The Balaban J connectivity index is 1.71. The van der Waals surface area contributed by atoms with Gasteiger partial charge in [-0.1, -0.05) is 42.1 Å². The van der Waals surface area contributed by atoms with E-state index in [2.05, 4.69) is 15.5 Å². The average Bonchev–Trinajstić information content (AvgIpc) is 3.01. The van der Waals surface area contributed by atoms with Crippen LogP contribution in [0.4, 0.5) is 11.4 Å². The molecule has 26 heavy (non-hydrogen) atoms. The molecule has 0 radical (unpaired) electrons. The van der Waals surface area contributed by atoms with Gasteiger partial charge in [-0.15, -0.1) is 10.2 Å². The van der Waals surface area contributed by atoms with Crippen molar-refractivity contribution in [3.05, 3.63) is 70.5 Å². The topological polar surface area (TPSA) is 103 Å². The van der Waals surface area contributed by atoms with E-state index in [-0.39, 0.29) is 23.0 Å². The SMILES string of the molecule is Cc1nnc(SCC(=O)Nc2ccccc2[N+](=O)[O-])n1-c1ccccc1. The van der Waals surface area contributed by atoms with Crippen LogP contribution in [0.3, 0.4) is 0 Å². The first kappa shape index (κ1) is 17.6. The Morgan fingerprint density at radius 1 is 1.15 bits per heavy atom. The summed E-state index contributed by atoms with van der Waals surface area (Å²) in [7, 11) is 0. The van der Waals surface area contributed by atoms with Crippen molar-refractivity contribution in [2.45, 2.75) is 12.1 Å². The van der Waals surface area contributed by atoms with E-state index in [1.807, 2.05) is 41.8 Å². The second-order valence-electron chi connectivity index (χ2n) is 5.31. The molecule has 0 fully saturated rings. The summed E-state index contributed by atoms with van der Waals surface area (Å²) in [5.41, 5.74) is 0.926. The Kier molecular flexibility index (Phi) is 5.28. The van der Waals surface area contributed by atoms with E-state index in [1.54, 1.807) is 12.1 Å². The molecule has 0 aliphatic carbocycles. The Labute approximate surface area is 153 Å². The smallest absolute Gasteiger partial charge is 0.292 e. The molecule has 132 valence electrons. The first-order valence-corrected chi connectivity index (χ1v) is 8.68. The quantitative estimate of drug-likeness (QED) is 0.406. The first-order chi connectivity index (χ1) is 12.6. The van der Waals surface area contributed by atoms with E-state index in [1.165, 1.54) is 23.9 Å². The Morgan fingerprint density at radius 2 is 1.85 bits per heavy atom. The molecule has 1 heterocycles. The van der Waals surface area contributed by atoms with Crippen LogP contribution in [0.15, 0.2) is 59.8 Å². The van der Waals surface area contributed by atoms with E-state index in [0.29, 0.717) is 11.0 Å². The second kappa shape index (κ2) is 7.79. The van der Waals surface area contributed by atoms with Crippen molar-refractivity contribution >= 4 is 29.0 Å². The predicted octanol–water partition coefficient (Wildman–Crippen LogP) is 3.21. The molecule has 0 aliphatic rings. The number of aromatic nitrogens is 3. The molecule has 0 saturated heterocycles. The molecule has 1 N–H and O–H groups in total. The molecule has 0 unspecified atom stereocenters. The third-order valence-electron chi connectivity index (χ3n) is 3.52. The summed E-state index contributed by atoms with van der Waals surface area (Å²) in [4.78, 5) is 22.7. The first-order valence-electron chi connectivity index (χ1n) is 7.70. The Morgan fingerprint density at radius 3 is 2.58 bits per heavy atom. The van der Waals surface area contributed by atoms with Crippen molar-refractivity contribution in [1.29, 1.82) is 0 Å². The molecular formula is C17H15N5O3S. The zero-order chi connectivity index (χ0) is 18.5. The van der Waals surface area contributed by atoms with Crippen molar-refractivity contribution in [2.75, 3.05) is 11.1 Å². The van der Waals surface area contributed by atoms with Crippen LogP contribution in [0.2, 0.25) is 0 Å². The average molecular weight is 369 g/mol. The van der Waals surface area contributed by atoms with Crippen LogP contribution in [0.5, 0.6) is 0 Å². The van der Waals surface area contributed by atoms with Gasteiger partial charge >= 0.3 is 0 Å². The summed E-state index contributed by atoms with van der Waals surface area (Å²) >= 11 is 1.21. The number of hydrogen-bond acceptors (Lipinski definition) is 6. The molecule has 0 saturated carbocycles. The van der Waals surface area contributed by atoms with Gasteiger partial charge in [0.1, 0.15) is 11.5 Å². The van der Waals surface area contributed by atoms with Gasteiger partial charge in [0.15, 0.2) is 5.16 Å². The van der Waals surface area contributed by atoms with Gasteiger partial charge < -0.3 is 5.32 Å². The minimum atomic E-state index is -0.530. The van der Waals surface area contributed by atoms with Crippen molar-refractivity contribution in [3.63, 3.8) is 0 Å². The summed E-state index contributed by atoms with van der Waals surface area (Å²) in [6, 6.07) is 15.6. The second-order valence-corrected chi connectivity index (χ2v) is 6.25. The molecule has 0 bridgehead atoms. The van der Waals surface area contributed by atoms with Crippen LogP contribution in [-0.2, 0) is 4.79 Å². The fourth-order valence-electron chi connectivity index (χ4n) is 2.37. The fraction of sp³-hybridized carbons (Fsp3) is 0.118. The third kappa shape index (κ3) is 3.89. The molecular weight excluding hydrogens is 354 g/mol. The molecule has 1 amide bonds. The summed E-state index contributed by atoms with van der Waals surface area (Å²) < 4.78 is 1.85. The Hall–Kier alpha value is -3.20. The van der Waals surface area contributed by atoms with Gasteiger partial charge in [-0.3, -0.25) is 19.5 Å². The van der Waals surface area contributed by atoms with Crippen LogP contribution >= 0.6 is 11.8 Å². The van der Waals surface area contributed by atoms with Gasteiger partial charge in [0.05, 0.1) is 10.7 Å². The van der Waals surface area contributed by atoms with E-state index in [4.69, 9.17) is 0 Å². The number of benzene rings is 2. The molecule has 2 aromatic carbocycles. The summed E-state index contributed by atoms with van der Waals surface area (Å²) in [6.07, 6.45) is 0. The number of nitrogens with one attached hydrogen (secondary N) is 1. The van der Waals surface area contributed by atoms with E-state index >= 15 is 0 Å². The van der Waals surface area contributed by atoms with Crippen molar-refractivity contribution < 1.29 is 9.72 Å². The van der Waals surface area contributed by atoms with E-state index < -0.39 is 4.92 Å². The molecule has 9 heteroatoms. The van der Waals surface area contributed by atoms with Crippen LogP contribution in [0, 0.1) is 17.0 Å². The predicted molar refractivity (Wildman–Crippen MR) is 98.5 cm³/mol. The maximum atomic E-state index is 12.2. The number of hydrogen-bond donors (Lipinski definition) is 1. The lowest BCUT2D eigenvalue weighted by molar-refractivity contribution is -0.383. The van der Waals surface area contributed by atoms with Crippen molar-refractivity contribution in [2.24, 2.45) is 0 Å². The number of amides is 1. The van der Waals surface area contributed by atoms with Gasteiger partial charge in [0.2, 0.25) is 5.91 Å². The monoisotopic (exact) mass is 369 g/mol. The van der Waals surface area contributed by atoms with E-state index in [0.717, 1.165) is 5.69 Å².